The highest BCUT2D eigenvalue weighted by Gasteiger charge is 2.43. The van der Waals surface area contributed by atoms with Gasteiger partial charge in [-0.15, -0.1) is 0 Å². The normalized spacial score (nSPS) is 30.1. The average Bonchev–Trinajstić information content (AvgIpc) is 2.03. The fourth-order valence-corrected chi connectivity index (χ4v) is 1.20. The Labute approximate surface area is 72.5 Å². The predicted molar refractivity (Wildman–Crippen MR) is 36.2 cm³/mol. The van der Waals surface area contributed by atoms with Gasteiger partial charge in [-0.3, -0.25) is 4.79 Å². The van der Waals surface area contributed by atoms with Gasteiger partial charge in [0.15, 0.2) is 6.10 Å². The molecule has 0 saturated carbocycles. The molecule has 1 fully saturated rings. The highest BCUT2D eigenvalue weighted by atomic mass is 19.4. The summed E-state index contributed by atoms with van der Waals surface area (Å²) in [4.78, 5) is 10.3. The van der Waals surface area contributed by atoms with E-state index in [-0.39, 0.29) is 19.4 Å². The highest BCUT2D eigenvalue weighted by Crippen LogP contribution is 2.31. The lowest BCUT2D eigenvalue weighted by Crippen LogP contribution is -2.39. The number of carboxylic acid groups (broad SMARTS) is 1. The number of aliphatic carboxylic acids is 1. The molecule has 0 radical (unpaired) electrons. The smallest absolute Gasteiger partial charge is 0.414 e. The monoisotopic (exact) mass is 198 g/mol. The van der Waals surface area contributed by atoms with Crippen LogP contribution in [0.25, 0.3) is 0 Å². The van der Waals surface area contributed by atoms with Crippen molar-refractivity contribution in [2.75, 3.05) is 6.61 Å². The summed E-state index contributed by atoms with van der Waals surface area (Å²) in [7, 11) is 0. The molecule has 0 aliphatic carbocycles. The standard InChI is InChI=1S/C7H9F3O3/c8-7(9,10)5-2-1-4(3-13-5)6(11)12/h4-5H,1-3H2,(H,11,12)/t4-,5+/m1/s1. The van der Waals surface area contributed by atoms with Gasteiger partial charge in [-0.25, -0.2) is 0 Å². The molecular formula is C7H9F3O3. The van der Waals surface area contributed by atoms with Gasteiger partial charge >= 0.3 is 12.1 Å². The molecule has 0 aromatic rings. The Balaban J connectivity index is 2.44. The lowest BCUT2D eigenvalue weighted by molar-refractivity contribution is -0.236. The van der Waals surface area contributed by atoms with Gasteiger partial charge in [0.25, 0.3) is 0 Å². The Hall–Kier alpha value is -0.780. The zero-order valence-electron chi connectivity index (χ0n) is 6.67. The third kappa shape index (κ3) is 2.58. The molecule has 13 heavy (non-hydrogen) atoms. The van der Waals surface area contributed by atoms with Crippen LogP contribution in [0.2, 0.25) is 0 Å². The Morgan fingerprint density at radius 2 is 2.00 bits per heavy atom. The summed E-state index contributed by atoms with van der Waals surface area (Å²) in [6.07, 6.45) is -6.40. The quantitative estimate of drug-likeness (QED) is 0.693. The molecule has 0 bridgehead atoms. The second kappa shape index (κ2) is 3.53. The number of carbonyl (C=O) groups is 1. The van der Waals surface area contributed by atoms with Crippen LogP contribution in [0.1, 0.15) is 12.8 Å². The zero-order chi connectivity index (χ0) is 10.1. The van der Waals surface area contributed by atoms with Gasteiger partial charge in [-0.1, -0.05) is 0 Å². The van der Waals surface area contributed by atoms with Gasteiger partial charge in [0.05, 0.1) is 12.5 Å². The molecule has 1 rings (SSSR count). The lowest BCUT2D eigenvalue weighted by Gasteiger charge is -2.28. The number of rotatable bonds is 1. The van der Waals surface area contributed by atoms with Crippen LogP contribution in [0.3, 0.4) is 0 Å². The van der Waals surface area contributed by atoms with Crippen LogP contribution in [0, 0.1) is 5.92 Å². The maximum atomic E-state index is 12.0. The van der Waals surface area contributed by atoms with Crippen molar-refractivity contribution in [2.24, 2.45) is 5.92 Å². The first kappa shape index (κ1) is 10.3. The molecule has 1 aliphatic heterocycles. The molecule has 76 valence electrons. The summed E-state index contributed by atoms with van der Waals surface area (Å²) in [5, 5.41) is 8.47. The van der Waals surface area contributed by atoms with Crippen molar-refractivity contribution in [3.05, 3.63) is 0 Å². The molecule has 1 N–H and O–H groups in total. The van der Waals surface area contributed by atoms with E-state index >= 15 is 0 Å². The van der Waals surface area contributed by atoms with Gasteiger partial charge in [0.1, 0.15) is 0 Å². The number of hydrogen-bond acceptors (Lipinski definition) is 2. The van der Waals surface area contributed by atoms with E-state index in [1.165, 1.54) is 0 Å². The molecule has 0 spiro atoms. The number of alkyl halides is 3. The fraction of sp³-hybridized carbons (Fsp3) is 0.857. The SMILES string of the molecule is O=C(O)[C@@H]1CC[C@@H](C(F)(F)F)OC1. The van der Waals surface area contributed by atoms with E-state index in [2.05, 4.69) is 4.74 Å². The minimum Gasteiger partial charge on any atom is -0.481 e. The Morgan fingerprint density at radius 3 is 2.31 bits per heavy atom. The topological polar surface area (TPSA) is 46.5 Å². The summed E-state index contributed by atoms with van der Waals surface area (Å²) < 4.78 is 40.4. The molecule has 0 aromatic carbocycles. The second-order valence-electron chi connectivity index (χ2n) is 2.98. The van der Waals surface area contributed by atoms with Crippen LogP contribution in [-0.2, 0) is 9.53 Å². The van der Waals surface area contributed by atoms with Crippen LogP contribution in [-0.4, -0.2) is 30.0 Å². The summed E-state index contributed by atoms with van der Waals surface area (Å²) in [5.74, 6) is -1.89. The number of ether oxygens (including phenoxy) is 1. The number of halogens is 3. The molecule has 0 amide bonds. The van der Waals surface area contributed by atoms with Crippen molar-refractivity contribution < 1.29 is 27.8 Å². The molecule has 2 atom stereocenters. The van der Waals surface area contributed by atoms with Gasteiger partial charge in [-0.05, 0) is 12.8 Å². The highest BCUT2D eigenvalue weighted by molar-refractivity contribution is 5.70. The van der Waals surface area contributed by atoms with Gasteiger partial charge in [0.2, 0.25) is 0 Å². The van der Waals surface area contributed by atoms with Crippen molar-refractivity contribution in [1.82, 2.24) is 0 Å². The van der Waals surface area contributed by atoms with Gasteiger partial charge in [0, 0.05) is 0 Å². The van der Waals surface area contributed by atoms with Crippen molar-refractivity contribution in [2.45, 2.75) is 25.1 Å². The van der Waals surface area contributed by atoms with Crippen LogP contribution in [0.5, 0.6) is 0 Å². The van der Waals surface area contributed by atoms with Gasteiger partial charge < -0.3 is 9.84 Å². The first-order chi connectivity index (χ1) is 5.91. The van der Waals surface area contributed by atoms with E-state index in [0.29, 0.717) is 0 Å². The first-order valence-electron chi connectivity index (χ1n) is 3.82. The summed E-state index contributed by atoms with van der Waals surface area (Å²) >= 11 is 0. The molecule has 1 saturated heterocycles. The van der Waals surface area contributed by atoms with Crippen molar-refractivity contribution in [1.29, 1.82) is 0 Å². The Kier molecular flexibility index (Phi) is 2.80. The van der Waals surface area contributed by atoms with Crippen molar-refractivity contribution in [3.8, 4) is 0 Å². The van der Waals surface area contributed by atoms with E-state index in [9.17, 15) is 18.0 Å². The lowest BCUT2D eigenvalue weighted by atomic mass is 9.98. The molecule has 3 nitrogen and oxygen atoms in total. The van der Waals surface area contributed by atoms with Gasteiger partial charge in [-0.2, -0.15) is 13.2 Å². The zero-order valence-corrected chi connectivity index (χ0v) is 6.67. The van der Waals surface area contributed by atoms with Crippen LogP contribution in [0.4, 0.5) is 13.2 Å². The van der Waals surface area contributed by atoms with E-state index in [1.54, 1.807) is 0 Å². The van der Waals surface area contributed by atoms with Crippen molar-refractivity contribution in [3.63, 3.8) is 0 Å². The van der Waals surface area contributed by atoms with Crippen LogP contribution < -0.4 is 0 Å². The van der Waals surface area contributed by atoms with Crippen molar-refractivity contribution >= 4 is 5.97 Å². The maximum Gasteiger partial charge on any atom is 0.414 e. The number of hydrogen-bond donors (Lipinski definition) is 1. The third-order valence-electron chi connectivity index (χ3n) is 1.99. The average molecular weight is 198 g/mol. The van der Waals surface area contributed by atoms with Crippen LogP contribution in [0.15, 0.2) is 0 Å². The summed E-state index contributed by atoms with van der Waals surface area (Å²) in [6.45, 7) is -0.348. The molecule has 6 heteroatoms. The predicted octanol–water partition coefficient (Wildman–Crippen LogP) is 1.43. The minimum atomic E-state index is -4.37. The number of carboxylic acids is 1. The maximum absolute atomic E-state index is 12.0. The largest absolute Gasteiger partial charge is 0.481 e. The third-order valence-corrected chi connectivity index (χ3v) is 1.99. The Bertz CT molecular complexity index is 194. The molecule has 0 aromatic heterocycles. The second-order valence-corrected chi connectivity index (χ2v) is 2.98. The molecule has 1 heterocycles. The molecule has 1 aliphatic rings. The van der Waals surface area contributed by atoms with E-state index in [1.807, 2.05) is 0 Å². The Morgan fingerprint density at radius 1 is 1.38 bits per heavy atom. The first-order valence-corrected chi connectivity index (χ1v) is 3.82. The fourth-order valence-electron chi connectivity index (χ4n) is 1.20. The van der Waals surface area contributed by atoms with Crippen LogP contribution >= 0.6 is 0 Å². The summed E-state index contributed by atoms with van der Waals surface area (Å²) in [6, 6.07) is 0. The van der Waals surface area contributed by atoms with E-state index < -0.39 is 24.2 Å². The molecule has 0 unspecified atom stereocenters. The minimum absolute atomic E-state index is 0.0273. The summed E-state index contributed by atoms with van der Waals surface area (Å²) in [5.41, 5.74) is 0. The van der Waals surface area contributed by atoms with E-state index in [4.69, 9.17) is 5.11 Å². The molecular weight excluding hydrogens is 189 g/mol. The van der Waals surface area contributed by atoms with E-state index in [0.717, 1.165) is 0 Å².